The third-order valence-electron chi connectivity index (χ3n) is 2.68. The van der Waals surface area contributed by atoms with Crippen molar-refractivity contribution in [3.8, 4) is 0 Å². The van der Waals surface area contributed by atoms with Gasteiger partial charge in [-0.25, -0.2) is 9.97 Å². The van der Waals surface area contributed by atoms with Gasteiger partial charge in [-0.1, -0.05) is 18.5 Å². The monoisotopic (exact) mass is 273 g/mol. The van der Waals surface area contributed by atoms with Crippen LogP contribution in [0.5, 0.6) is 0 Å². The van der Waals surface area contributed by atoms with E-state index in [1.807, 2.05) is 25.6 Å². The predicted octanol–water partition coefficient (Wildman–Crippen LogP) is 3.55. The number of hydrogen-bond acceptors (Lipinski definition) is 4. The molecule has 0 aliphatic carbocycles. The highest BCUT2D eigenvalue weighted by Crippen LogP contribution is 2.24. The minimum atomic E-state index is 0.177. The van der Waals surface area contributed by atoms with Crippen LogP contribution in [0.1, 0.15) is 32.2 Å². The molecule has 0 aromatic carbocycles. The Kier molecular flexibility index (Phi) is 5.07. The molecule has 5 heteroatoms. The molecule has 0 aliphatic rings. The van der Waals surface area contributed by atoms with E-state index in [-0.39, 0.29) is 4.75 Å². The fraction of sp³-hybridized carbons (Fsp3) is 0.667. The van der Waals surface area contributed by atoms with Gasteiger partial charge in [0.15, 0.2) is 0 Å². The van der Waals surface area contributed by atoms with Crippen molar-refractivity contribution < 1.29 is 0 Å². The van der Waals surface area contributed by atoms with Gasteiger partial charge in [0.25, 0.3) is 0 Å². The quantitative estimate of drug-likeness (QED) is 0.833. The largest absolute Gasteiger partial charge is 0.368 e. The molecule has 0 spiro atoms. The van der Waals surface area contributed by atoms with Gasteiger partial charge in [-0.2, -0.15) is 11.8 Å². The topological polar surface area (TPSA) is 37.8 Å². The molecule has 1 N–H and O–H groups in total. The van der Waals surface area contributed by atoms with Crippen LogP contribution >= 0.6 is 23.4 Å². The number of nitrogens with one attached hydrogen (secondary N) is 1. The number of aryl methyl sites for hydroxylation is 1. The number of rotatable bonds is 5. The Morgan fingerprint density at radius 2 is 2.00 bits per heavy atom. The molecule has 1 aromatic rings. The van der Waals surface area contributed by atoms with E-state index in [2.05, 4.69) is 35.4 Å². The van der Waals surface area contributed by atoms with E-state index < -0.39 is 0 Å². The summed E-state index contributed by atoms with van der Waals surface area (Å²) >= 11 is 7.91. The van der Waals surface area contributed by atoms with E-state index in [0.29, 0.717) is 5.15 Å². The van der Waals surface area contributed by atoms with Crippen molar-refractivity contribution in [1.29, 1.82) is 0 Å². The predicted molar refractivity (Wildman–Crippen MR) is 77.2 cm³/mol. The molecule has 0 unspecified atom stereocenters. The van der Waals surface area contributed by atoms with Crippen LogP contribution in [0.25, 0.3) is 0 Å². The maximum atomic E-state index is 6.09. The molecular formula is C12H20ClN3S. The van der Waals surface area contributed by atoms with Gasteiger partial charge in [0, 0.05) is 23.3 Å². The van der Waals surface area contributed by atoms with Crippen LogP contribution in [0.15, 0.2) is 0 Å². The average molecular weight is 274 g/mol. The number of thioether (sulfide) groups is 1. The summed E-state index contributed by atoms with van der Waals surface area (Å²) in [4.78, 5) is 8.70. The van der Waals surface area contributed by atoms with E-state index >= 15 is 0 Å². The van der Waals surface area contributed by atoms with Crippen molar-refractivity contribution in [3.05, 3.63) is 16.5 Å². The molecule has 17 heavy (non-hydrogen) atoms. The van der Waals surface area contributed by atoms with Crippen LogP contribution in [0, 0.1) is 6.92 Å². The second-order valence-electron chi connectivity index (χ2n) is 4.58. The van der Waals surface area contributed by atoms with Gasteiger partial charge in [0.05, 0.1) is 0 Å². The first-order valence-electron chi connectivity index (χ1n) is 5.71. The van der Waals surface area contributed by atoms with E-state index in [4.69, 9.17) is 11.6 Å². The molecule has 0 radical (unpaired) electrons. The van der Waals surface area contributed by atoms with Crippen molar-refractivity contribution in [3.63, 3.8) is 0 Å². The Bertz CT molecular complexity index is 394. The lowest BCUT2D eigenvalue weighted by molar-refractivity contribution is 0.747. The van der Waals surface area contributed by atoms with Crippen LogP contribution in [0.2, 0.25) is 5.15 Å². The zero-order chi connectivity index (χ0) is 13.1. The van der Waals surface area contributed by atoms with E-state index in [1.165, 1.54) is 0 Å². The van der Waals surface area contributed by atoms with E-state index in [9.17, 15) is 0 Å². The molecule has 0 amide bonds. The van der Waals surface area contributed by atoms with Gasteiger partial charge in [0.2, 0.25) is 0 Å². The maximum absolute atomic E-state index is 6.09. The van der Waals surface area contributed by atoms with Crippen LogP contribution in [0.3, 0.4) is 0 Å². The molecule has 0 atom stereocenters. The molecule has 0 aliphatic heterocycles. The number of hydrogen-bond donors (Lipinski definition) is 1. The van der Waals surface area contributed by atoms with Gasteiger partial charge in [-0.15, -0.1) is 0 Å². The van der Waals surface area contributed by atoms with Gasteiger partial charge in [0.1, 0.15) is 16.8 Å². The highest BCUT2D eigenvalue weighted by Gasteiger charge is 2.17. The third-order valence-corrected chi connectivity index (χ3v) is 4.30. The van der Waals surface area contributed by atoms with Crippen LogP contribution < -0.4 is 5.32 Å². The number of aromatic nitrogens is 2. The van der Waals surface area contributed by atoms with Crippen molar-refractivity contribution in [2.45, 2.75) is 38.9 Å². The molecule has 0 fully saturated rings. The molecule has 1 rings (SSSR count). The van der Waals surface area contributed by atoms with Gasteiger partial charge in [-0.05, 0) is 27.0 Å². The summed E-state index contributed by atoms with van der Waals surface area (Å²) in [6.07, 6.45) is 2.90. The fourth-order valence-electron chi connectivity index (χ4n) is 1.23. The molecular weight excluding hydrogens is 254 g/mol. The molecule has 1 aromatic heterocycles. The van der Waals surface area contributed by atoms with E-state index in [0.717, 1.165) is 30.2 Å². The zero-order valence-electron chi connectivity index (χ0n) is 11.1. The fourth-order valence-corrected chi connectivity index (χ4v) is 1.64. The number of anilines is 1. The van der Waals surface area contributed by atoms with Crippen molar-refractivity contribution in [1.82, 2.24) is 9.97 Å². The Morgan fingerprint density at radius 3 is 2.53 bits per heavy atom. The summed E-state index contributed by atoms with van der Waals surface area (Å²) in [6, 6.07) is 0. The van der Waals surface area contributed by atoms with Crippen molar-refractivity contribution in [2.24, 2.45) is 0 Å². The Morgan fingerprint density at radius 1 is 1.35 bits per heavy atom. The highest BCUT2D eigenvalue weighted by molar-refractivity contribution is 7.99. The first-order chi connectivity index (χ1) is 7.89. The van der Waals surface area contributed by atoms with Crippen LogP contribution in [0.4, 0.5) is 5.82 Å². The zero-order valence-corrected chi connectivity index (χ0v) is 12.7. The Labute approximate surface area is 113 Å². The normalized spacial score (nSPS) is 11.6. The lowest BCUT2D eigenvalue weighted by atomic mass is 10.2. The number of nitrogens with zero attached hydrogens (tertiary/aromatic N) is 2. The lowest BCUT2D eigenvalue weighted by Crippen LogP contribution is -2.26. The third kappa shape index (κ3) is 4.03. The molecule has 0 bridgehead atoms. The molecule has 1 heterocycles. The Hall–Kier alpha value is -0.480. The SMILES string of the molecule is CCc1nc(Cl)c(C)c(NCC(C)(C)SC)n1. The highest BCUT2D eigenvalue weighted by atomic mass is 35.5. The smallest absolute Gasteiger partial charge is 0.137 e. The van der Waals surface area contributed by atoms with Crippen LogP contribution in [-0.2, 0) is 6.42 Å². The second kappa shape index (κ2) is 5.91. The standard InChI is InChI=1S/C12H20ClN3S/c1-6-9-15-10(13)8(2)11(16-9)14-7-12(3,4)17-5/h6-7H2,1-5H3,(H,14,15,16). The van der Waals surface area contributed by atoms with Gasteiger partial charge >= 0.3 is 0 Å². The first kappa shape index (κ1) is 14.6. The minimum Gasteiger partial charge on any atom is -0.368 e. The van der Waals surface area contributed by atoms with Crippen molar-refractivity contribution >= 4 is 29.2 Å². The summed E-state index contributed by atoms with van der Waals surface area (Å²) < 4.78 is 0.177. The summed E-state index contributed by atoms with van der Waals surface area (Å²) in [5.74, 6) is 1.63. The summed E-state index contributed by atoms with van der Waals surface area (Å²) in [7, 11) is 0. The maximum Gasteiger partial charge on any atom is 0.137 e. The Balaban J connectivity index is 2.87. The van der Waals surface area contributed by atoms with Gasteiger partial charge in [-0.3, -0.25) is 0 Å². The summed E-state index contributed by atoms with van der Waals surface area (Å²) in [5.41, 5.74) is 0.917. The average Bonchev–Trinajstić information content (AvgIpc) is 2.31. The summed E-state index contributed by atoms with van der Waals surface area (Å²) in [6.45, 7) is 9.21. The second-order valence-corrected chi connectivity index (χ2v) is 6.45. The molecule has 3 nitrogen and oxygen atoms in total. The van der Waals surface area contributed by atoms with E-state index in [1.54, 1.807) is 0 Å². The lowest BCUT2D eigenvalue weighted by Gasteiger charge is -2.23. The van der Waals surface area contributed by atoms with Gasteiger partial charge < -0.3 is 5.32 Å². The number of halogens is 1. The van der Waals surface area contributed by atoms with Crippen molar-refractivity contribution in [2.75, 3.05) is 18.1 Å². The summed E-state index contributed by atoms with van der Waals surface area (Å²) in [5, 5.41) is 3.91. The minimum absolute atomic E-state index is 0.177. The van der Waals surface area contributed by atoms with Crippen LogP contribution in [-0.4, -0.2) is 27.5 Å². The molecule has 96 valence electrons. The molecule has 0 saturated carbocycles. The first-order valence-corrected chi connectivity index (χ1v) is 7.32. The molecule has 0 saturated heterocycles.